The van der Waals surface area contributed by atoms with Gasteiger partial charge in [-0.05, 0) is 51.6 Å². The molecular formula is C18H30FIN4O. The highest BCUT2D eigenvalue weighted by molar-refractivity contribution is 14.0. The van der Waals surface area contributed by atoms with Crippen molar-refractivity contribution in [1.82, 2.24) is 15.5 Å². The maximum Gasteiger partial charge on any atom is 0.191 e. The Bertz CT molecular complexity index is 518. The normalized spacial score (nSPS) is 18.8. The first-order valence-corrected chi connectivity index (χ1v) is 8.65. The quantitative estimate of drug-likeness (QED) is 0.370. The first-order chi connectivity index (χ1) is 11.6. The fraction of sp³-hybridized carbons (Fsp3) is 0.611. The molecular weight excluding hydrogens is 434 g/mol. The van der Waals surface area contributed by atoms with Gasteiger partial charge < -0.3 is 20.3 Å². The van der Waals surface area contributed by atoms with Crippen LogP contribution in [0.3, 0.4) is 0 Å². The van der Waals surface area contributed by atoms with E-state index in [2.05, 4.69) is 15.5 Å². The van der Waals surface area contributed by atoms with Gasteiger partial charge in [0.1, 0.15) is 5.82 Å². The Morgan fingerprint density at radius 1 is 1.32 bits per heavy atom. The van der Waals surface area contributed by atoms with Crippen molar-refractivity contribution in [2.45, 2.75) is 31.9 Å². The molecule has 7 heteroatoms. The van der Waals surface area contributed by atoms with E-state index in [9.17, 15) is 4.39 Å². The number of hydrogen-bond acceptors (Lipinski definition) is 3. The van der Waals surface area contributed by atoms with Crippen molar-refractivity contribution in [1.29, 1.82) is 0 Å². The summed E-state index contributed by atoms with van der Waals surface area (Å²) in [5.41, 5.74) is 1.06. The largest absolute Gasteiger partial charge is 0.376 e. The molecule has 0 amide bonds. The van der Waals surface area contributed by atoms with Gasteiger partial charge >= 0.3 is 0 Å². The van der Waals surface area contributed by atoms with Crippen LogP contribution in [0.25, 0.3) is 0 Å². The van der Waals surface area contributed by atoms with Gasteiger partial charge in [-0.3, -0.25) is 4.99 Å². The van der Waals surface area contributed by atoms with E-state index < -0.39 is 0 Å². The zero-order chi connectivity index (χ0) is 17.4. The molecule has 0 aliphatic carbocycles. The summed E-state index contributed by atoms with van der Waals surface area (Å²) in [5, 5.41) is 6.62. The minimum Gasteiger partial charge on any atom is -0.376 e. The molecule has 1 heterocycles. The lowest BCUT2D eigenvalue weighted by atomic mass is 10.1. The summed E-state index contributed by atoms with van der Waals surface area (Å²) in [4.78, 5) is 6.80. The molecule has 2 rings (SSSR count). The number of benzene rings is 1. The number of halogens is 2. The summed E-state index contributed by atoms with van der Waals surface area (Å²) in [7, 11) is 4.02. The van der Waals surface area contributed by atoms with Gasteiger partial charge in [0.2, 0.25) is 0 Å². The van der Waals surface area contributed by atoms with Crippen LogP contribution >= 0.6 is 24.0 Å². The molecule has 0 radical (unpaired) electrons. The summed E-state index contributed by atoms with van der Waals surface area (Å²) in [6, 6.07) is 6.74. The molecule has 2 unspecified atom stereocenters. The third-order valence-corrected chi connectivity index (χ3v) is 4.17. The third kappa shape index (κ3) is 7.45. The number of hydrogen-bond donors (Lipinski definition) is 2. The van der Waals surface area contributed by atoms with Crippen molar-refractivity contribution < 1.29 is 9.13 Å². The average molecular weight is 464 g/mol. The van der Waals surface area contributed by atoms with Crippen molar-refractivity contribution in [3.8, 4) is 0 Å². The second-order valence-electron chi connectivity index (χ2n) is 6.27. The van der Waals surface area contributed by atoms with Gasteiger partial charge in [0.25, 0.3) is 0 Å². The molecule has 2 atom stereocenters. The van der Waals surface area contributed by atoms with E-state index in [4.69, 9.17) is 9.73 Å². The van der Waals surface area contributed by atoms with Gasteiger partial charge in [0, 0.05) is 19.7 Å². The molecule has 1 aliphatic heterocycles. The topological polar surface area (TPSA) is 48.9 Å². The van der Waals surface area contributed by atoms with Crippen LogP contribution < -0.4 is 10.6 Å². The van der Waals surface area contributed by atoms with Crippen LogP contribution in [0.1, 0.15) is 31.4 Å². The van der Waals surface area contributed by atoms with E-state index in [0.29, 0.717) is 6.54 Å². The Morgan fingerprint density at radius 2 is 2.04 bits per heavy atom. The van der Waals surface area contributed by atoms with Crippen LogP contribution in [0.15, 0.2) is 29.3 Å². The van der Waals surface area contributed by atoms with Crippen molar-refractivity contribution in [3.63, 3.8) is 0 Å². The Morgan fingerprint density at radius 3 is 2.60 bits per heavy atom. The number of nitrogens with zero attached hydrogens (tertiary/aromatic N) is 2. The molecule has 1 aromatic carbocycles. The van der Waals surface area contributed by atoms with Crippen LogP contribution in [-0.2, 0) is 4.74 Å². The van der Waals surface area contributed by atoms with Crippen LogP contribution in [0.4, 0.5) is 4.39 Å². The molecule has 2 N–H and O–H groups in total. The van der Waals surface area contributed by atoms with Crippen LogP contribution in [0.2, 0.25) is 0 Å². The van der Waals surface area contributed by atoms with Crippen LogP contribution in [-0.4, -0.2) is 57.3 Å². The molecule has 142 valence electrons. The number of nitrogens with one attached hydrogen (secondary N) is 2. The monoisotopic (exact) mass is 464 g/mol. The first kappa shape index (κ1) is 22.1. The highest BCUT2D eigenvalue weighted by Crippen LogP contribution is 2.19. The zero-order valence-corrected chi connectivity index (χ0v) is 17.6. The minimum atomic E-state index is -0.216. The fourth-order valence-corrected chi connectivity index (χ4v) is 2.79. The van der Waals surface area contributed by atoms with Crippen molar-refractivity contribution in [3.05, 3.63) is 35.6 Å². The Balaban J connectivity index is 0.00000312. The van der Waals surface area contributed by atoms with E-state index in [1.165, 1.54) is 12.1 Å². The maximum absolute atomic E-state index is 13.1. The highest BCUT2D eigenvalue weighted by atomic mass is 127. The van der Waals surface area contributed by atoms with Gasteiger partial charge in [-0.2, -0.15) is 0 Å². The summed E-state index contributed by atoms with van der Waals surface area (Å²) >= 11 is 0. The molecule has 1 saturated heterocycles. The van der Waals surface area contributed by atoms with Gasteiger partial charge in [0.05, 0.1) is 18.7 Å². The highest BCUT2D eigenvalue weighted by Gasteiger charge is 2.17. The van der Waals surface area contributed by atoms with Gasteiger partial charge in [-0.1, -0.05) is 12.1 Å². The van der Waals surface area contributed by atoms with E-state index in [-0.39, 0.29) is 41.9 Å². The lowest BCUT2D eigenvalue weighted by molar-refractivity contribution is 0.114. The van der Waals surface area contributed by atoms with E-state index in [1.807, 2.05) is 33.2 Å². The van der Waals surface area contributed by atoms with Crippen molar-refractivity contribution in [2.75, 3.05) is 40.3 Å². The molecule has 0 aromatic heterocycles. The molecule has 5 nitrogen and oxygen atoms in total. The number of rotatable bonds is 7. The predicted molar refractivity (Wildman–Crippen MR) is 111 cm³/mol. The summed E-state index contributed by atoms with van der Waals surface area (Å²) < 4.78 is 18.8. The first-order valence-electron chi connectivity index (χ1n) is 8.65. The molecule has 1 fully saturated rings. The molecule has 0 bridgehead atoms. The Labute approximate surface area is 167 Å². The number of likely N-dealkylation sites (N-methyl/N-ethyl adjacent to an activating group) is 1. The SMILES string of the molecule is CCNC(=NCC(c1ccc(F)cc1)N(C)C)NCC1CCCO1.I. The van der Waals surface area contributed by atoms with Crippen molar-refractivity contribution >= 4 is 29.9 Å². The van der Waals surface area contributed by atoms with Crippen LogP contribution in [0, 0.1) is 5.82 Å². The second kappa shape index (κ2) is 11.6. The lowest BCUT2D eigenvalue weighted by Gasteiger charge is -2.24. The summed E-state index contributed by atoms with van der Waals surface area (Å²) in [6.07, 6.45) is 2.51. The third-order valence-electron chi connectivity index (χ3n) is 4.17. The maximum atomic E-state index is 13.1. The van der Waals surface area contributed by atoms with Gasteiger partial charge in [-0.15, -0.1) is 24.0 Å². The second-order valence-corrected chi connectivity index (χ2v) is 6.27. The summed E-state index contributed by atoms with van der Waals surface area (Å²) in [5.74, 6) is 0.577. The van der Waals surface area contributed by atoms with Crippen molar-refractivity contribution in [2.24, 2.45) is 4.99 Å². The number of aliphatic imine (C=N–C) groups is 1. The fourth-order valence-electron chi connectivity index (χ4n) is 2.79. The van der Waals surface area contributed by atoms with E-state index in [1.54, 1.807) is 0 Å². The van der Waals surface area contributed by atoms with Gasteiger partial charge in [0.15, 0.2) is 5.96 Å². The lowest BCUT2D eigenvalue weighted by Crippen LogP contribution is -2.41. The van der Waals surface area contributed by atoms with E-state index in [0.717, 1.165) is 44.1 Å². The summed E-state index contributed by atoms with van der Waals surface area (Å²) in [6.45, 7) is 5.08. The van der Waals surface area contributed by atoms with E-state index >= 15 is 0 Å². The Kier molecular flexibility index (Phi) is 10.3. The standard InChI is InChI=1S/C18H29FN4O.HI/c1-4-20-18(21-12-16-6-5-11-24-16)22-13-17(23(2)3)14-7-9-15(19)10-8-14;/h7-10,16-17H,4-6,11-13H2,1-3H3,(H2,20,21,22);1H. The Hall–Kier alpha value is -0.930. The van der Waals surface area contributed by atoms with Crippen LogP contribution in [0.5, 0.6) is 0 Å². The zero-order valence-electron chi connectivity index (χ0n) is 15.3. The molecule has 1 aromatic rings. The molecule has 25 heavy (non-hydrogen) atoms. The average Bonchev–Trinajstić information content (AvgIpc) is 3.07. The number of ether oxygens (including phenoxy) is 1. The molecule has 1 aliphatic rings. The number of guanidine groups is 1. The minimum absolute atomic E-state index is 0. The molecule has 0 saturated carbocycles. The van der Waals surface area contributed by atoms with Gasteiger partial charge in [-0.25, -0.2) is 4.39 Å². The predicted octanol–water partition coefficient (Wildman–Crippen LogP) is 2.78. The smallest absolute Gasteiger partial charge is 0.191 e. The molecule has 0 spiro atoms.